The van der Waals surface area contributed by atoms with Crippen LogP contribution in [-0.4, -0.2) is 20.9 Å². The Labute approximate surface area is 182 Å². The number of rotatable bonds is 4. The molecule has 0 atom stereocenters. The molecule has 0 spiro atoms. The van der Waals surface area contributed by atoms with Crippen molar-refractivity contribution in [2.75, 3.05) is 0 Å². The molecule has 1 heterocycles. The fraction of sp³-hybridized carbons (Fsp3) is 0.0909. The molecule has 1 aromatic heterocycles. The number of carbonyl (C=O) groups is 1. The molecule has 3 rings (SSSR count). The average Bonchev–Trinajstić information content (AvgIpc) is 2.70. The molecule has 0 amide bonds. The third-order valence-corrected chi connectivity index (χ3v) is 5.31. The molecule has 0 saturated carbocycles. The van der Waals surface area contributed by atoms with Crippen LogP contribution in [0.2, 0.25) is 10.0 Å². The summed E-state index contributed by atoms with van der Waals surface area (Å²) in [5.41, 5.74) is 1.37. The summed E-state index contributed by atoms with van der Waals surface area (Å²) in [4.78, 5) is 24.8. The first kappa shape index (κ1) is 21.3. The van der Waals surface area contributed by atoms with E-state index in [0.29, 0.717) is 21.3 Å². The first-order valence-electron chi connectivity index (χ1n) is 8.74. The summed E-state index contributed by atoms with van der Waals surface area (Å²) in [6.07, 6.45) is 2.90. The van der Waals surface area contributed by atoms with Crippen LogP contribution in [0.1, 0.15) is 38.3 Å². The van der Waals surface area contributed by atoms with Gasteiger partial charge in [-0.25, -0.2) is 4.79 Å². The number of aryl methyl sites for hydroxylation is 2. The van der Waals surface area contributed by atoms with Crippen LogP contribution in [0.4, 0.5) is 0 Å². The molecule has 30 heavy (non-hydrogen) atoms. The second-order valence-electron chi connectivity index (χ2n) is 6.55. The Kier molecular flexibility index (Phi) is 6.06. The van der Waals surface area contributed by atoms with Gasteiger partial charge >= 0.3 is 5.97 Å². The van der Waals surface area contributed by atoms with Gasteiger partial charge < -0.3 is 5.11 Å². The number of aromatic nitrogens is 2. The molecule has 1 N–H and O–H groups in total. The van der Waals surface area contributed by atoms with E-state index in [4.69, 9.17) is 23.2 Å². The molecular formula is C22H15Cl2N3O3. The number of halogens is 2. The van der Waals surface area contributed by atoms with Crippen molar-refractivity contribution >= 4 is 41.3 Å². The summed E-state index contributed by atoms with van der Waals surface area (Å²) in [6.45, 7) is 3.77. The molecule has 2 aromatic carbocycles. The van der Waals surface area contributed by atoms with Gasteiger partial charge in [-0.15, -0.1) is 0 Å². The van der Waals surface area contributed by atoms with Gasteiger partial charge in [0.1, 0.15) is 11.6 Å². The zero-order chi connectivity index (χ0) is 22.0. The summed E-state index contributed by atoms with van der Waals surface area (Å²) in [7, 11) is 0. The van der Waals surface area contributed by atoms with Gasteiger partial charge in [0.15, 0.2) is 5.69 Å². The minimum absolute atomic E-state index is 0.0823. The second kappa shape index (κ2) is 8.54. The molecule has 0 radical (unpaired) electrons. The lowest BCUT2D eigenvalue weighted by atomic mass is 10.1. The number of nitrogens with zero attached hydrogens (tertiary/aromatic N) is 3. The summed E-state index contributed by atoms with van der Waals surface area (Å²) in [5, 5.41) is 24.0. The third kappa shape index (κ3) is 4.13. The summed E-state index contributed by atoms with van der Waals surface area (Å²) >= 11 is 11.9. The summed E-state index contributed by atoms with van der Waals surface area (Å²) < 4.78 is 0.935. The van der Waals surface area contributed by atoms with Gasteiger partial charge in [-0.1, -0.05) is 47.5 Å². The number of nitriles is 1. The Hall–Kier alpha value is -3.40. The highest BCUT2D eigenvalue weighted by Crippen LogP contribution is 2.24. The van der Waals surface area contributed by atoms with Crippen LogP contribution < -0.4 is 5.56 Å². The highest BCUT2D eigenvalue weighted by Gasteiger charge is 2.21. The van der Waals surface area contributed by atoms with Crippen LogP contribution in [0, 0.1) is 25.2 Å². The number of hydrogen-bond acceptors (Lipinski definition) is 4. The zero-order valence-electron chi connectivity index (χ0n) is 16.0. The average molecular weight is 440 g/mol. The Bertz CT molecular complexity index is 1300. The fourth-order valence-electron chi connectivity index (χ4n) is 2.80. The molecular weight excluding hydrogens is 425 g/mol. The second-order valence-corrected chi connectivity index (χ2v) is 7.36. The molecule has 3 aromatic rings. The van der Waals surface area contributed by atoms with Crippen molar-refractivity contribution in [3.05, 3.63) is 90.3 Å². The number of benzene rings is 2. The van der Waals surface area contributed by atoms with Crippen LogP contribution in [0.3, 0.4) is 0 Å². The van der Waals surface area contributed by atoms with E-state index < -0.39 is 17.2 Å². The number of carboxylic acid groups (broad SMARTS) is 1. The fourth-order valence-corrected chi connectivity index (χ4v) is 3.10. The zero-order valence-corrected chi connectivity index (χ0v) is 17.5. The number of hydrogen-bond donors (Lipinski definition) is 1. The van der Waals surface area contributed by atoms with Gasteiger partial charge in [0.25, 0.3) is 5.56 Å². The first-order valence-corrected chi connectivity index (χ1v) is 9.50. The lowest BCUT2D eigenvalue weighted by Crippen LogP contribution is -2.28. The van der Waals surface area contributed by atoms with Crippen molar-refractivity contribution < 1.29 is 9.90 Å². The molecule has 0 saturated heterocycles. The van der Waals surface area contributed by atoms with E-state index in [1.807, 2.05) is 19.9 Å². The minimum Gasteiger partial charge on any atom is -0.476 e. The smallest absolute Gasteiger partial charge is 0.357 e. The normalized spacial score (nSPS) is 10.9. The topological polar surface area (TPSA) is 96.0 Å². The maximum Gasteiger partial charge on any atom is 0.357 e. The van der Waals surface area contributed by atoms with Gasteiger partial charge in [-0.2, -0.15) is 15.0 Å². The van der Waals surface area contributed by atoms with Crippen LogP contribution >= 0.6 is 23.2 Å². The van der Waals surface area contributed by atoms with Gasteiger partial charge in [0, 0.05) is 5.56 Å². The Morgan fingerprint density at radius 1 is 1.10 bits per heavy atom. The van der Waals surface area contributed by atoms with E-state index in [9.17, 15) is 20.0 Å². The van der Waals surface area contributed by atoms with E-state index in [1.165, 1.54) is 12.2 Å². The SMILES string of the molecule is Cc1ccc(-n2nc(C(=O)O)c(/C=C/c3ccc(Cl)c(Cl)c3)c(C#N)c2=O)cc1C. The van der Waals surface area contributed by atoms with Gasteiger partial charge in [0.2, 0.25) is 0 Å². The number of aromatic carboxylic acids is 1. The minimum atomic E-state index is -1.36. The standard InChI is InChI=1S/C22H15Cl2N3O3/c1-12-3-6-15(9-13(12)2)27-21(28)17(11-25)16(20(26-27)22(29)30)7-4-14-5-8-18(23)19(24)10-14/h3-10H,1-2H3,(H,29,30)/b7-4+. The van der Waals surface area contributed by atoms with E-state index in [-0.39, 0.29) is 11.1 Å². The van der Waals surface area contributed by atoms with Crippen LogP contribution in [0.5, 0.6) is 0 Å². The molecule has 6 nitrogen and oxygen atoms in total. The quantitative estimate of drug-likeness (QED) is 0.623. The highest BCUT2D eigenvalue weighted by molar-refractivity contribution is 6.42. The lowest BCUT2D eigenvalue weighted by Gasteiger charge is -2.11. The van der Waals surface area contributed by atoms with E-state index in [2.05, 4.69) is 5.10 Å². The van der Waals surface area contributed by atoms with Crippen molar-refractivity contribution in [2.45, 2.75) is 13.8 Å². The van der Waals surface area contributed by atoms with Crippen molar-refractivity contribution in [2.24, 2.45) is 0 Å². The molecule has 0 aliphatic rings. The van der Waals surface area contributed by atoms with E-state index >= 15 is 0 Å². The summed E-state index contributed by atoms with van der Waals surface area (Å²) in [6, 6.07) is 11.8. The van der Waals surface area contributed by atoms with Crippen molar-refractivity contribution in [1.29, 1.82) is 5.26 Å². The van der Waals surface area contributed by atoms with Crippen LogP contribution in [0.25, 0.3) is 17.8 Å². The van der Waals surface area contributed by atoms with Crippen molar-refractivity contribution in [3.8, 4) is 11.8 Å². The maximum atomic E-state index is 12.9. The molecule has 150 valence electrons. The van der Waals surface area contributed by atoms with Gasteiger partial charge in [0.05, 0.1) is 15.7 Å². The first-order chi connectivity index (χ1) is 14.2. The molecule has 0 fully saturated rings. The Morgan fingerprint density at radius 2 is 1.83 bits per heavy atom. The van der Waals surface area contributed by atoms with Crippen LogP contribution in [0.15, 0.2) is 41.2 Å². The van der Waals surface area contributed by atoms with E-state index in [0.717, 1.165) is 15.8 Å². The monoisotopic (exact) mass is 439 g/mol. The third-order valence-electron chi connectivity index (χ3n) is 4.57. The molecule has 8 heteroatoms. The lowest BCUT2D eigenvalue weighted by molar-refractivity contribution is 0.0688. The van der Waals surface area contributed by atoms with Gasteiger partial charge in [-0.3, -0.25) is 4.79 Å². The van der Waals surface area contributed by atoms with Crippen LogP contribution in [-0.2, 0) is 0 Å². The molecule has 0 aliphatic carbocycles. The van der Waals surface area contributed by atoms with Crippen molar-refractivity contribution in [1.82, 2.24) is 9.78 Å². The van der Waals surface area contributed by atoms with Crippen molar-refractivity contribution in [3.63, 3.8) is 0 Å². The van der Waals surface area contributed by atoms with Gasteiger partial charge in [-0.05, 0) is 54.8 Å². The highest BCUT2D eigenvalue weighted by atomic mass is 35.5. The predicted octanol–water partition coefficient (Wildman–Crippen LogP) is 4.90. The molecule has 0 aliphatic heterocycles. The maximum absolute atomic E-state index is 12.9. The number of carboxylic acids is 1. The summed E-state index contributed by atoms with van der Waals surface area (Å²) in [5.74, 6) is -1.36. The Balaban J connectivity index is 2.22. The molecule has 0 bridgehead atoms. The van der Waals surface area contributed by atoms with E-state index in [1.54, 1.807) is 36.4 Å². The molecule has 0 unspecified atom stereocenters. The largest absolute Gasteiger partial charge is 0.476 e. The predicted molar refractivity (Wildman–Crippen MR) is 116 cm³/mol. The Morgan fingerprint density at radius 3 is 2.43 bits per heavy atom.